The molecule has 0 bridgehead atoms. The topological polar surface area (TPSA) is 93.9 Å². The number of hydrogen-bond donors (Lipinski definition) is 1. The van der Waals surface area contributed by atoms with Crippen molar-refractivity contribution in [2.45, 2.75) is 0 Å². The minimum Gasteiger partial charge on any atom is -0.494 e. The van der Waals surface area contributed by atoms with Gasteiger partial charge in [-0.05, 0) is 24.3 Å². The predicted molar refractivity (Wildman–Crippen MR) is 107 cm³/mol. The molecule has 1 saturated heterocycles. The number of nitrogens with zero attached hydrogens (tertiary/aromatic N) is 2. The average molecular weight is 426 g/mol. The standard InChI is InChI=1S/C18H17Cl2N3O5/c1-27-17-13(19)8-11(9-14(17)20)18(24)21-12-2-3-15(16(10-12)23(25)26)22-4-6-28-7-5-22/h2-3,8-10H,4-7H2,1H3,(H,21,24). The first-order chi connectivity index (χ1) is 13.4. The summed E-state index contributed by atoms with van der Waals surface area (Å²) in [6, 6.07) is 7.39. The number of morpholine rings is 1. The van der Waals surface area contributed by atoms with E-state index in [9.17, 15) is 14.9 Å². The molecule has 0 spiro atoms. The maximum Gasteiger partial charge on any atom is 0.294 e. The molecule has 1 heterocycles. The van der Waals surface area contributed by atoms with Crippen molar-refractivity contribution in [2.75, 3.05) is 43.6 Å². The molecule has 0 aliphatic carbocycles. The highest BCUT2D eigenvalue weighted by Gasteiger charge is 2.22. The molecule has 0 radical (unpaired) electrons. The first-order valence-electron chi connectivity index (χ1n) is 8.36. The smallest absolute Gasteiger partial charge is 0.294 e. The molecule has 1 aliphatic heterocycles. The molecule has 0 unspecified atom stereocenters. The number of amides is 1. The number of carbonyl (C=O) groups is 1. The Morgan fingerprint density at radius 1 is 1.21 bits per heavy atom. The first kappa shape index (κ1) is 20.2. The molecule has 10 heteroatoms. The molecule has 0 atom stereocenters. The molecule has 1 fully saturated rings. The normalized spacial score (nSPS) is 13.9. The van der Waals surface area contributed by atoms with Crippen LogP contribution in [0.15, 0.2) is 30.3 Å². The van der Waals surface area contributed by atoms with Crippen LogP contribution in [0.1, 0.15) is 10.4 Å². The Hall–Kier alpha value is -2.55. The largest absolute Gasteiger partial charge is 0.494 e. The zero-order valence-electron chi connectivity index (χ0n) is 14.9. The van der Waals surface area contributed by atoms with Gasteiger partial charge in [0.15, 0.2) is 5.75 Å². The number of nitro groups is 1. The van der Waals surface area contributed by atoms with Gasteiger partial charge in [-0.25, -0.2) is 0 Å². The Bertz CT molecular complexity index is 893. The van der Waals surface area contributed by atoms with Crippen LogP contribution < -0.4 is 15.0 Å². The van der Waals surface area contributed by atoms with Crippen LogP contribution in [0.3, 0.4) is 0 Å². The summed E-state index contributed by atoms with van der Waals surface area (Å²) in [7, 11) is 1.42. The number of rotatable bonds is 5. The van der Waals surface area contributed by atoms with Gasteiger partial charge in [0.05, 0.1) is 35.3 Å². The van der Waals surface area contributed by atoms with Gasteiger partial charge in [0.2, 0.25) is 0 Å². The first-order valence-corrected chi connectivity index (χ1v) is 9.12. The van der Waals surface area contributed by atoms with Gasteiger partial charge in [0, 0.05) is 30.4 Å². The third kappa shape index (κ3) is 4.30. The number of anilines is 2. The van der Waals surface area contributed by atoms with Gasteiger partial charge < -0.3 is 19.7 Å². The van der Waals surface area contributed by atoms with Gasteiger partial charge in [0.1, 0.15) is 5.69 Å². The highest BCUT2D eigenvalue weighted by molar-refractivity contribution is 6.37. The number of benzene rings is 2. The van der Waals surface area contributed by atoms with Crippen LogP contribution in [0.25, 0.3) is 0 Å². The molecule has 148 valence electrons. The Labute approximate surface area is 171 Å². The van der Waals surface area contributed by atoms with Crippen LogP contribution in [0.4, 0.5) is 17.1 Å². The van der Waals surface area contributed by atoms with Crippen molar-refractivity contribution >= 4 is 46.2 Å². The highest BCUT2D eigenvalue weighted by atomic mass is 35.5. The van der Waals surface area contributed by atoms with Crippen LogP contribution in [0, 0.1) is 10.1 Å². The maximum absolute atomic E-state index is 12.5. The fraction of sp³-hybridized carbons (Fsp3) is 0.278. The molecule has 1 N–H and O–H groups in total. The van der Waals surface area contributed by atoms with Crippen LogP contribution in [0.5, 0.6) is 5.75 Å². The zero-order valence-corrected chi connectivity index (χ0v) is 16.4. The van der Waals surface area contributed by atoms with Crippen molar-refractivity contribution < 1.29 is 19.2 Å². The molecule has 28 heavy (non-hydrogen) atoms. The van der Waals surface area contributed by atoms with Gasteiger partial charge in [-0.1, -0.05) is 23.2 Å². The average Bonchev–Trinajstić information content (AvgIpc) is 2.68. The molecule has 3 rings (SSSR count). The number of methoxy groups -OCH3 is 1. The van der Waals surface area contributed by atoms with Gasteiger partial charge in [-0.3, -0.25) is 14.9 Å². The number of nitrogens with one attached hydrogen (secondary N) is 1. The van der Waals surface area contributed by atoms with E-state index in [-0.39, 0.29) is 32.7 Å². The van der Waals surface area contributed by atoms with E-state index in [0.29, 0.717) is 32.0 Å². The Balaban J connectivity index is 1.85. The fourth-order valence-electron chi connectivity index (χ4n) is 2.91. The monoisotopic (exact) mass is 425 g/mol. The second-order valence-electron chi connectivity index (χ2n) is 5.99. The number of carbonyl (C=O) groups excluding carboxylic acids is 1. The Morgan fingerprint density at radius 3 is 2.43 bits per heavy atom. The van der Waals surface area contributed by atoms with Crippen LogP contribution in [-0.4, -0.2) is 44.2 Å². The summed E-state index contributed by atoms with van der Waals surface area (Å²) in [5.74, 6) is -0.231. The molecular weight excluding hydrogens is 409 g/mol. The highest BCUT2D eigenvalue weighted by Crippen LogP contribution is 2.35. The van der Waals surface area contributed by atoms with Crippen molar-refractivity contribution in [3.05, 3.63) is 56.1 Å². The number of ether oxygens (including phenoxy) is 2. The molecule has 2 aromatic rings. The lowest BCUT2D eigenvalue weighted by molar-refractivity contribution is -0.384. The second kappa shape index (κ2) is 8.64. The van der Waals surface area contributed by atoms with Crippen LogP contribution in [0.2, 0.25) is 10.0 Å². The summed E-state index contributed by atoms with van der Waals surface area (Å²) in [4.78, 5) is 25.5. The Kier molecular flexibility index (Phi) is 6.23. The summed E-state index contributed by atoms with van der Waals surface area (Å²) in [5, 5.41) is 14.5. The van der Waals surface area contributed by atoms with Crippen molar-refractivity contribution in [3.8, 4) is 5.75 Å². The molecule has 2 aromatic carbocycles. The van der Waals surface area contributed by atoms with E-state index in [2.05, 4.69) is 5.32 Å². The summed E-state index contributed by atoms with van der Waals surface area (Å²) in [6.45, 7) is 2.15. The lowest BCUT2D eigenvalue weighted by Crippen LogP contribution is -2.36. The molecule has 1 aliphatic rings. The van der Waals surface area contributed by atoms with E-state index in [1.54, 1.807) is 12.1 Å². The van der Waals surface area contributed by atoms with E-state index in [4.69, 9.17) is 32.7 Å². The van der Waals surface area contributed by atoms with Crippen molar-refractivity contribution in [3.63, 3.8) is 0 Å². The lowest BCUT2D eigenvalue weighted by atomic mass is 10.1. The second-order valence-corrected chi connectivity index (χ2v) is 6.80. The molecule has 8 nitrogen and oxygen atoms in total. The fourth-order valence-corrected chi connectivity index (χ4v) is 3.55. The Morgan fingerprint density at radius 2 is 1.86 bits per heavy atom. The summed E-state index contributed by atoms with van der Waals surface area (Å²) in [6.07, 6.45) is 0. The van der Waals surface area contributed by atoms with Crippen molar-refractivity contribution in [1.29, 1.82) is 0 Å². The summed E-state index contributed by atoms with van der Waals surface area (Å²) < 4.78 is 10.3. The van der Waals surface area contributed by atoms with Gasteiger partial charge in [-0.2, -0.15) is 0 Å². The van der Waals surface area contributed by atoms with Gasteiger partial charge in [0.25, 0.3) is 11.6 Å². The SMILES string of the molecule is COc1c(Cl)cc(C(=O)Nc2ccc(N3CCOCC3)c([N+](=O)[O-])c2)cc1Cl. The van der Waals surface area contributed by atoms with Crippen molar-refractivity contribution in [1.82, 2.24) is 0 Å². The number of nitro benzene ring substituents is 1. The minimum absolute atomic E-state index is 0.0921. The van der Waals surface area contributed by atoms with Crippen LogP contribution in [-0.2, 0) is 4.74 Å². The summed E-state index contributed by atoms with van der Waals surface area (Å²) in [5.41, 5.74) is 0.889. The van der Waals surface area contributed by atoms with E-state index >= 15 is 0 Å². The molecular formula is C18H17Cl2N3O5. The van der Waals surface area contributed by atoms with E-state index < -0.39 is 10.8 Å². The molecule has 0 aromatic heterocycles. The van der Waals surface area contributed by atoms with Gasteiger partial charge in [-0.15, -0.1) is 0 Å². The molecule has 1 amide bonds. The van der Waals surface area contributed by atoms with Crippen molar-refractivity contribution in [2.24, 2.45) is 0 Å². The maximum atomic E-state index is 12.5. The quantitative estimate of drug-likeness (QED) is 0.574. The van der Waals surface area contributed by atoms with E-state index in [1.165, 1.54) is 25.3 Å². The number of hydrogen-bond acceptors (Lipinski definition) is 6. The summed E-state index contributed by atoms with van der Waals surface area (Å²) >= 11 is 12.1. The van der Waals surface area contributed by atoms with Gasteiger partial charge >= 0.3 is 0 Å². The third-order valence-corrected chi connectivity index (χ3v) is 4.81. The molecule has 0 saturated carbocycles. The lowest BCUT2D eigenvalue weighted by Gasteiger charge is -2.28. The minimum atomic E-state index is -0.500. The predicted octanol–water partition coefficient (Wildman–Crippen LogP) is 4.00. The van der Waals surface area contributed by atoms with E-state index in [0.717, 1.165) is 0 Å². The number of halogens is 2. The van der Waals surface area contributed by atoms with Crippen LogP contribution >= 0.6 is 23.2 Å². The van der Waals surface area contributed by atoms with E-state index in [1.807, 2.05) is 4.90 Å². The third-order valence-electron chi connectivity index (χ3n) is 4.25. The zero-order chi connectivity index (χ0) is 20.3.